The molecule has 0 amide bonds. The molecule has 6 nitrogen and oxygen atoms in total. The highest BCUT2D eigenvalue weighted by atomic mass is 32.2. The summed E-state index contributed by atoms with van der Waals surface area (Å²) in [5, 5.41) is 3.20. The zero-order valence-corrected chi connectivity index (χ0v) is 16.3. The van der Waals surface area contributed by atoms with Crippen LogP contribution in [-0.2, 0) is 10.0 Å². The number of hydrogen-bond donors (Lipinski definition) is 2. The van der Waals surface area contributed by atoms with Crippen LogP contribution in [0.4, 0.5) is 17.1 Å². The first-order valence-electron chi connectivity index (χ1n) is 8.52. The van der Waals surface area contributed by atoms with E-state index in [4.69, 9.17) is 4.74 Å². The molecule has 3 aromatic carbocycles. The quantitative estimate of drug-likeness (QED) is 0.577. The number of nitrogens with one attached hydrogen (secondary N) is 2. The van der Waals surface area contributed by atoms with Gasteiger partial charge in [0, 0.05) is 22.6 Å². The molecule has 0 unspecified atom stereocenters. The Hall–Kier alpha value is -3.32. The van der Waals surface area contributed by atoms with Crippen molar-refractivity contribution in [3.05, 3.63) is 78.4 Å². The van der Waals surface area contributed by atoms with Gasteiger partial charge in [0.05, 0.1) is 12.0 Å². The van der Waals surface area contributed by atoms with Crippen molar-refractivity contribution in [1.82, 2.24) is 0 Å². The monoisotopic (exact) mass is 396 g/mol. The van der Waals surface area contributed by atoms with Crippen LogP contribution in [-0.4, -0.2) is 21.3 Å². The molecular formula is C21H20N2O4S. The van der Waals surface area contributed by atoms with Crippen molar-refractivity contribution < 1.29 is 17.9 Å². The molecule has 0 aromatic heterocycles. The van der Waals surface area contributed by atoms with Gasteiger partial charge in [-0.05, 0) is 79.7 Å². The van der Waals surface area contributed by atoms with E-state index in [0.29, 0.717) is 17.0 Å². The third kappa shape index (κ3) is 4.69. The maximum atomic E-state index is 12.5. The van der Waals surface area contributed by atoms with E-state index in [2.05, 4.69) is 10.0 Å². The number of ether oxygens (including phenoxy) is 1. The molecule has 3 rings (SSSR count). The Kier molecular flexibility index (Phi) is 5.65. The predicted molar refractivity (Wildman–Crippen MR) is 110 cm³/mol. The molecular weight excluding hydrogens is 376 g/mol. The van der Waals surface area contributed by atoms with Crippen LogP contribution in [0.25, 0.3) is 0 Å². The maximum absolute atomic E-state index is 12.5. The van der Waals surface area contributed by atoms with Gasteiger partial charge in [-0.25, -0.2) is 8.42 Å². The van der Waals surface area contributed by atoms with Crippen molar-refractivity contribution >= 4 is 32.9 Å². The third-order valence-corrected chi connectivity index (χ3v) is 5.48. The lowest BCUT2D eigenvalue weighted by atomic mass is 10.1. The van der Waals surface area contributed by atoms with Gasteiger partial charge in [-0.3, -0.25) is 9.52 Å². The number of rotatable bonds is 7. The fourth-order valence-electron chi connectivity index (χ4n) is 2.55. The molecule has 28 heavy (non-hydrogen) atoms. The van der Waals surface area contributed by atoms with Gasteiger partial charge in [0.15, 0.2) is 5.78 Å². The average Bonchev–Trinajstić information content (AvgIpc) is 2.70. The topological polar surface area (TPSA) is 84.5 Å². The molecule has 3 aromatic rings. The fourth-order valence-corrected chi connectivity index (χ4v) is 3.60. The zero-order valence-electron chi connectivity index (χ0n) is 15.5. The van der Waals surface area contributed by atoms with E-state index in [1.165, 1.54) is 26.2 Å². The van der Waals surface area contributed by atoms with E-state index in [-0.39, 0.29) is 10.7 Å². The number of carbonyl (C=O) groups is 1. The highest BCUT2D eigenvalue weighted by molar-refractivity contribution is 7.92. The van der Waals surface area contributed by atoms with Crippen LogP contribution >= 0.6 is 0 Å². The summed E-state index contributed by atoms with van der Waals surface area (Å²) in [6.45, 7) is 1.52. The summed E-state index contributed by atoms with van der Waals surface area (Å²) in [5.74, 6) is 0.603. The normalized spacial score (nSPS) is 10.9. The Morgan fingerprint density at radius 1 is 0.786 bits per heavy atom. The molecule has 0 fully saturated rings. The van der Waals surface area contributed by atoms with Gasteiger partial charge in [0.1, 0.15) is 5.75 Å². The second-order valence-electron chi connectivity index (χ2n) is 6.12. The average molecular weight is 396 g/mol. The van der Waals surface area contributed by atoms with Crippen molar-refractivity contribution in [2.75, 3.05) is 17.1 Å². The second kappa shape index (κ2) is 8.14. The van der Waals surface area contributed by atoms with Gasteiger partial charge >= 0.3 is 0 Å². The van der Waals surface area contributed by atoms with Gasteiger partial charge in [-0.1, -0.05) is 0 Å². The first kappa shape index (κ1) is 19.4. The number of Topliss-reactive ketones (excluding diaryl/α,β-unsaturated/α-hetero) is 1. The summed E-state index contributed by atoms with van der Waals surface area (Å²) in [6, 6.07) is 20.2. The standard InChI is InChI=1S/C21H20N2O4S/c1-15(24)16-3-5-17(6-4-16)22-18-7-9-19(10-8-18)23-28(25,26)21-13-11-20(27-2)12-14-21/h3-14,22-23H,1-2H3. The first-order valence-corrected chi connectivity index (χ1v) is 10.0. The van der Waals surface area contributed by atoms with E-state index >= 15 is 0 Å². The first-order chi connectivity index (χ1) is 13.4. The van der Waals surface area contributed by atoms with Crippen LogP contribution in [0.1, 0.15) is 17.3 Å². The molecule has 0 saturated heterocycles. The van der Waals surface area contributed by atoms with E-state index in [1.807, 2.05) is 12.1 Å². The Bertz CT molecular complexity index is 1060. The van der Waals surface area contributed by atoms with E-state index in [0.717, 1.165) is 11.4 Å². The molecule has 0 aliphatic carbocycles. The molecule has 0 bridgehead atoms. The lowest BCUT2D eigenvalue weighted by Crippen LogP contribution is -2.12. The molecule has 2 N–H and O–H groups in total. The maximum Gasteiger partial charge on any atom is 0.261 e. The summed E-state index contributed by atoms with van der Waals surface area (Å²) in [4.78, 5) is 11.5. The number of hydrogen-bond acceptors (Lipinski definition) is 5. The minimum absolute atomic E-state index is 0.0139. The number of carbonyl (C=O) groups excluding carboxylic acids is 1. The van der Waals surface area contributed by atoms with Crippen LogP contribution in [0.15, 0.2) is 77.7 Å². The summed E-state index contributed by atoms with van der Waals surface area (Å²) >= 11 is 0. The van der Waals surface area contributed by atoms with Crippen molar-refractivity contribution in [1.29, 1.82) is 0 Å². The van der Waals surface area contributed by atoms with E-state index in [9.17, 15) is 13.2 Å². The van der Waals surface area contributed by atoms with Gasteiger partial charge < -0.3 is 10.1 Å². The van der Waals surface area contributed by atoms with Crippen LogP contribution in [0.5, 0.6) is 5.75 Å². The fraction of sp³-hybridized carbons (Fsp3) is 0.0952. The van der Waals surface area contributed by atoms with Crippen LogP contribution in [0.3, 0.4) is 0 Å². The highest BCUT2D eigenvalue weighted by Gasteiger charge is 2.14. The number of benzene rings is 3. The minimum atomic E-state index is -3.68. The van der Waals surface area contributed by atoms with Crippen molar-refractivity contribution in [2.24, 2.45) is 0 Å². The summed E-state index contributed by atoms with van der Waals surface area (Å²) in [7, 11) is -2.16. The number of methoxy groups -OCH3 is 1. The molecule has 0 atom stereocenters. The smallest absolute Gasteiger partial charge is 0.261 e. The van der Waals surface area contributed by atoms with Crippen LogP contribution < -0.4 is 14.8 Å². The summed E-state index contributed by atoms with van der Waals surface area (Å²) in [6.07, 6.45) is 0. The van der Waals surface area contributed by atoms with Crippen molar-refractivity contribution in [3.8, 4) is 5.75 Å². The number of ketones is 1. The Balaban J connectivity index is 1.68. The Labute approximate surface area is 164 Å². The van der Waals surface area contributed by atoms with E-state index < -0.39 is 10.0 Å². The molecule has 7 heteroatoms. The van der Waals surface area contributed by atoms with E-state index in [1.54, 1.807) is 48.5 Å². The van der Waals surface area contributed by atoms with Gasteiger partial charge in [0.2, 0.25) is 0 Å². The van der Waals surface area contributed by atoms with Crippen molar-refractivity contribution in [3.63, 3.8) is 0 Å². The van der Waals surface area contributed by atoms with Gasteiger partial charge in [0.25, 0.3) is 10.0 Å². The molecule has 0 radical (unpaired) electrons. The molecule has 144 valence electrons. The van der Waals surface area contributed by atoms with Gasteiger partial charge in [-0.2, -0.15) is 0 Å². The van der Waals surface area contributed by atoms with Crippen molar-refractivity contribution in [2.45, 2.75) is 11.8 Å². The van der Waals surface area contributed by atoms with Crippen LogP contribution in [0, 0.1) is 0 Å². The zero-order chi connectivity index (χ0) is 20.1. The Morgan fingerprint density at radius 2 is 1.29 bits per heavy atom. The van der Waals surface area contributed by atoms with Crippen LogP contribution in [0.2, 0.25) is 0 Å². The lowest BCUT2D eigenvalue weighted by molar-refractivity contribution is 0.101. The number of sulfonamides is 1. The third-order valence-electron chi connectivity index (χ3n) is 4.09. The molecule has 0 spiro atoms. The molecule has 0 heterocycles. The largest absolute Gasteiger partial charge is 0.497 e. The second-order valence-corrected chi connectivity index (χ2v) is 7.80. The summed E-state index contributed by atoms with van der Waals surface area (Å²) < 4.78 is 32.5. The number of anilines is 3. The SMILES string of the molecule is COc1ccc(S(=O)(=O)Nc2ccc(Nc3ccc(C(C)=O)cc3)cc2)cc1. The lowest BCUT2D eigenvalue weighted by Gasteiger charge is -2.11. The summed E-state index contributed by atoms with van der Waals surface area (Å²) in [5.41, 5.74) is 2.72. The predicted octanol–water partition coefficient (Wildman–Crippen LogP) is 4.44. The molecule has 0 aliphatic rings. The van der Waals surface area contributed by atoms with Gasteiger partial charge in [-0.15, -0.1) is 0 Å². The molecule has 0 saturated carbocycles. The Morgan fingerprint density at radius 3 is 1.79 bits per heavy atom. The minimum Gasteiger partial charge on any atom is -0.497 e. The molecule has 0 aliphatic heterocycles. The highest BCUT2D eigenvalue weighted by Crippen LogP contribution is 2.22.